The maximum absolute atomic E-state index is 13.7. The third-order valence-electron chi connectivity index (χ3n) is 7.35. The van der Waals surface area contributed by atoms with Crippen LogP contribution in [0.15, 0.2) is 24.5 Å². The number of nitrogens with one attached hydrogen (secondary N) is 2. The van der Waals surface area contributed by atoms with Gasteiger partial charge in [0.1, 0.15) is 6.17 Å². The Morgan fingerprint density at radius 3 is 2.88 bits per heavy atom. The molecule has 8 heteroatoms. The molecule has 2 fully saturated rings. The van der Waals surface area contributed by atoms with Crippen LogP contribution < -0.4 is 10.6 Å². The van der Waals surface area contributed by atoms with Crippen LogP contribution in [-0.2, 0) is 4.79 Å². The number of likely N-dealkylation sites (tertiary alicyclic amines) is 1. The molecule has 0 saturated carbocycles. The summed E-state index contributed by atoms with van der Waals surface area (Å²) in [6, 6.07) is 3.72. The van der Waals surface area contributed by atoms with Gasteiger partial charge in [0.25, 0.3) is 5.91 Å². The van der Waals surface area contributed by atoms with E-state index in [2.05, 4.69) is 15.6 Å². The van der Waals surface area contributed by atoms with Crippen LogP contribution >= 0.6 is 11.3 Å². The molecule has 0 radical (unpaired) electrons. The molecule has 0 aliphatic carbocycles. The quantitative estimate of drug-likeness (QED) is 0.481. The minimum Gasteiger partial charge on any atom is -0.351 e. The number of amides is 2. The predicted molar refractivity (Wildman–Crippen MR) is 135 cm³/mol. The van der Waals surface area contributed by atoms with Gasteiger partial charge in [-0.2, -0.15) is 0 Å². The lowest BCUT2D eigenvalue weighted by Gasteiger charge is -2.33. The molecule has 2 aliphatic heterocycles. The zero-order valence-corrected chi connectivity index (χ0v) is 20.9. The van der Waals surface area contributed by atoms with Gasteiger partial charge in [0.15, 0.2) is 0 Å². The van der Waals surface area contributed by atoms with E-state index in [9.17, 15) is 14.0 Å². The highest BCUT2D eigenvalue weighted by molar-refractivity contribution is 7.20. The molecular formula is C26H37FN4O2S. The van der Waals surface area contributed by atoms with Gasteiger partial charge in [-0.1, -0.05) is 19.8 Å². The topological polar surface area (TPSA) is 74.3 Å². The van der Waals surface area contributed by atoms with Crippen molar-refractivity contribution in [3.05, 3.63) is 29.4 Å². The Balaban J connectivity index is 1.09. The van der Waals surface area contributed by atoms with E-state index in [0.29, 0.717) is 25.3 Å². The van der Waals surface area contributed by atoms with Crippen LogP contribution in [0, 0.1) is 11.8 Å². The molecule has 2 amide bonds. The molecule has 4 rings (SSSR count). The van der Waals surface area contributed by atoms with Crippen LogP contribution in [0.25, 0.3) is 10.1 Å². The summed E-state index contributed by atoms with van der Waals surface area (Å²) in [4.78, 5) is 32.1. The standard InChI is InChI=1S/C26H37FN4O2S/c1-2-21(27)13-19-14-22(30-16-19)26(33)31-11-7-18(8-12-31)5-3-4-9-29-25(32)23-15-20-6-10-28-17-24(20)34-23/h6,10,15,17-19,21-22,30H,2-5,7-9,11-14,16H2,1H3,(H,29,32). The van der Waals surface area contributed by atoms with E-state index in [1.165, 1.54) is 11.3 Å². The van der Waals surface area contributed by atoms with Gasteiger partial charge in [-0.3, -0.25) is 14.6 Å². The number of pyridine rings is 1. The van der Waals surface area contributed by atoms with Gasteiger partial charge in [0.05, 0.1) is 15.6 Å². The lowest BCUT2D eigenvalue weighted by Crippen LogP contribution is -2.47. The molecule has 2 aliphatic rings. The second-order valence-corrected chi connectivity index (χ2v) is 10.9. The summed E-state index contributed by atoms with van der Waals surface area (Å²) in [5.74, 6) is 1.12. The highest BCUT2D eigenvalue weighted by atomic mass is 32.1. The molecule has 3 unspecified atom stereocenters. The van der Waals surface area contributed by atoms with Crippen LogP contribution in [0.1, 0.15) is 68.0 Å². The van der Waals surface area contributed by atoms with Gasteiger partial charge >= 0.3 is 0 Å². The Hall–Kier alpha value is -2.06. The van der Waals surface area contributed by atoms with Crippen molar-refractivity contribution >= 4 is 33.2 Å². The van der Waals surface area contributed by atoms with Crippen LogP contribution in [0.4, 0.5) is 4.39 Å². The number of aromatic nitrogens is 1. The number of piperidine rings is 1. The van der Waals surface area contributed by atoms with Crippen LogP contribution in [0.3, 0.4) is 0 Å². The lowest BCUT2D eigenvalue weighted by atomic mass is 9.91. The van der Waals surface area contributed by atoms with Crippen LogP contribution in [0.5, 0.6) is 0 Å². The third-order valence-corrected chi connectivity index (χ3v) is 8.43. The first-order valence-corrected chi connectivity index (χ1v) is 13.6. The van der Waals surface area contributed by atoms with Gasteiger partial charge in [0.2, 0.25) is 5.91 Å². The van der Waals surface area contributed by atoms with E-state index in [1.54, 1.807) is 12.4 Å². The van der Waals surface area contributed by atoms with Gasteiger partial charge in [-0.15, -0.1) is 11.3 Å². The fraction of sp³-hybridized carbons (Fsp3) is 0.654. The lowest BCUT2D eigenvalue weighted by molar-refractivity contribution is -0.134. The van der Waals surface area contributed by atoms with Crippen molar-refractivity contribution in [2.75, 3.05) is 26.2 Å². The SMILES string of the molecule is CCC(F)CC1CNC(C(=O)N2CCC(CCCCNC(=O)c3cc4ccncc4s3)CC2)C1. The summed E-state index contributed by atoms with van der Waals surface area (Å²) < 4.78 is 14.7. The monoisotopic (exact) mass is 488 g/mol. The maximum atomic E-state index is 13.7. The number of halogens is 1. The first kappa shape index (κ1) is 25.0. The number of hydrogen-bond acceptors (Lipinski definition) is 5. The zero-order chi connectivity index (χ0) is 23.9. The number of hydrogen-bond donors (Lipinski definition) is 2. The molecule has 186 valence electrons. The van der Waals surface area contributed by atoms with E-state index in [0.717, 1.165) is 73.1 Å². The first-order chi connectivity index (χ1) is 16.5. The molecule has 2 N–H and O–H groups in total. The van der Waals surface area contributed by atoms with Gasteiger partial charge in [-0.05, 0) is 74.4 Å². The zero-order valence-electron chi connectivity index (χ0n) is 20.1. The highest BCUT2D eigenvalue weighted by Gasteiger charge is 2.34. The Morgan fingerprint density at radius 1 is 1.29 bits per heavy atom. The molecule has 0 bridgehead atoms. The molecule has 4 heterocycles. The molecule has 0 aromatic carbocycles. The van der Waals surface area contributed by atoms with E-state index in [1.807, 2.05) is 24.0 Å². The van der Waals surface area contributed by atoms with Crippen molar-refractivity contribution in [1.29, 1.82) is 0 Å². The molecule has 2 aromatic rings. The van der Waals surface area contributed by atoms with Crippen LogP contribution in [0.2, 0.25) is 0 Å². The molecular weight excluding hydrogens is 451 g/mol. The molecule has 6 nitrogen and oxygen atoms in total. The smallest absolute Gasteiger partial charge is 0.261 e. The Morgan fingerprint density at radius 2 is 2.12 bits per heavy atom. The predicted octanol–water partition coefficient (Wildman–Crippen LogP) is 4.55. The summed E-state index contributed by atoms with van der Waals surface area (Å²) in [5.41, 5.74) is 0. The van der Waals surface area contributed by atoms with Crippen molar-refractivity contribution in [1.82, 2.24) is 20.5 Å². The fourth-order valence-corrected chi connectivity index (χ4v) is 6.16. The Kier molecular flexibility index (Phi) is 8.89. The number of rotatable bonds is 10. The Labute approximate surface area is 205 Å². The van der Waals surface area contributed by atoms with Gasteiger partial charge in [-0.25, -0.2) is 4.39 Å². The summed E-state index contributed by atoms with van der Waals surface area (Å²) in [7, 11) is 0. The molecule has 3 atom stereocenters. The van der Waals surface area contributed by atoms with Crippen molar-refractivity contribution in [2.24, 2.45) is 11.8 Å². The number of unbranched alkanes of at least 4 members (excludes halogenated alkanes) is 1. The largest absolute Gasteiger partial charge is 0.351 e. The summed E-state index contributed by atoms with van der Waals surface area (Å²) >= 11 is 1.48. The number of alkyl halides is 1. The van der Waals surface area contributed by atoms with Gasteiger partial charge in [0, 0.05) is 32.0 Å². The second-order valence-electron chi connectivity index (χ2n) is 9.85. The highest BCUT2D eigenvalue weighted by Crippen LogP contribution is 2.27. The molecule has 34 heavy (non-hydrogen) atoms. The molecule has 2 saturated heterocycles. The average Bonchev–Trinajstić information content (AvgIpc) is 3.51. The first-order valence-electron chi connectivity index (χ1n) is 12.8. The van der Waals surface area contributed by atoms with Crippen LogP contribution in [-0.4, -0.2) is 60.1 Å². The average molecular weight is 489 g/mol. The van der Waals surface area contributed by atoms with Crippen molar-refractivity contribution < 1.29 is 14.0 Å². The van der Waals surface area contributed by atoms with Crippen molar-refractivity contribution in [3.8, 4) is 0 Å². The number of fused-ring (bicyclic) bond motifs is 1. The number of carbonyl (C=O) groups excluding carboxylic acids is 2. The normalized spacial score (nSPS) is 22.2. The van der Waals surface area contributed by atoms with Gasteiger partial charge < -0.3 is 15.5 Å². The van der Waals surface area contributed by atoms with Crippen molar-refractivity contribution in [2.45, 2.75) is 70.5 Å². The minimum absolute atomic E-state index is 0.00693. The molecule has 2 aromatic heterocycles. The maximum Gasteiger partial charge on any atom is 0.261 e. The second kappa shape index (κ2) is 12.1. The Bertz CT molecular complexity index is 926. The van der Waals surface area contributed by atoms with E-state index < -0.39 is 6.17 Å². The van der Waals surface area contributed by atoms with Crippen molar-refractivity contribution in [3.63, 3.8) is 0 Å². The molecule has 0 spiro atoms. The summed E-state index contributed by atoms with van der Waals surface area (Å²) in [6.45, 7) is 4.97. The minimum atomic E-state index is -0.752. The number of nitrogens with zero attached hydrogens (tertiary/aromatic N) is 2. The van der Waals surface area contributed by atoms with E-state index in [-0.39, 0.29) is 23.8 Å². The summed E-state index contributed by atoms with van der Waals surface area (Å²) in [6.07, 6.45) is 9.97. The summed E-state index contributed by atoms with van der Waals surface area (Å²) in [5, 5.41) is 7.42. The number of carbonyl (C=O) groups is 2. The number of thiophene rings is 1. The van der Waals surface area contributed by atoms with E-state index >= 15 is 0 Å². The fourth-order valence-electron chi connectivity index (χ4n) is 5.21. The third kappa shape index (κ3) is 6.54. The van der Waals surface area contributed by atoms with E-state index in [4.69, 9.17) is 0 Å².